The summed E-state index contributed by atoms with van der Waals surface area (Å²) in [6.45, 7) is 10.3. The number of hydrogen-bond acceptors (Lipinski definition) is 6. The van der Waals surface area contributed by atoms with Crippen LogP contribution in [0.5, 0.6) is 0 Å². The summed E-state index contributed by atoms with van der Waals surface area (Å²) in [5.41, 5.74) is 2.19. The van der Waals surface area contributed by atoms with Crippen LogP contribution in [-0.2, 0) is 17.7 Å². The minimum Gasteiger partial charge on any atom is -0.443 e. The Hall–Kier alpha value is -1.51. The van der Waals surface area contributed by atoms with Gasteiger partial charge in [-0.2, -0.15) is 5.10 Å². The predicted molar refractivity (Wildman–Crippen MR) is 121 cm³/mol. The number of anilines is 1. The first-order valence-corrected chi connectivity index (χ1v) is 11.6. The molecule has 0 unspecified atom stereocenters. The summed E-state index contributed by atoms with van der Waals surface area (Å²) in [4.78, 5) is 17.1. The summed E-state index contributed by atoms with van der Waals surface area (Å²) in [6.07, 6.45) is 3.35. The van der Waals surface area contributed by atoms with Crippen molar-refractivity contribution in [3.8, 4) is 0 Å². The molecule has 0 saturated heterocycles. The number of aromatic nitrogens is 2. The van der Waals surface area contributed by atoms with Gasteiger partial charge in [0.25, 0.3) is 0 Å². The van der Waals surface area contributed by atoms with Crippen LogP contribution >= 0.6 is 38.6 Å². The number of aryl methyl sites for hydroxylation is 2. The quantitative estimate of drug-likeness (QED) is 0.405. The van der Waals surface area contributed by atoms with E-state index < -0.39 is 5.60 Å². The maximum absolute atomic E-state index is 13.1. The van der Waals surface area contributed by atoms with E-state index in [4.69, 9.17) is 4.74 Å². The van der Waals surface area contributed by atoms with Gasteiger partial charge in [0.1, 0.15) is 11.1 Å². The van der Waals surface area contributed by atoms with Gasteiger partial charge >= 0.3 is 6.09 Å². The highest BCUT2D eigenvalue weighted by atomic mass is 79.9. The number of hydrogen-bond donors (Lipinski definition) is 0. The van der Waals surface area contributed by atoms with E-state index in [2.05, 4.69) is 40.0 Å². The molecule has 0 aromatic carbocycles. The molecule has 3 aromatic rings. The summed E-state index contributed by atoms with van der Waals surface area (Å²) in [5.74, 6) is 0. The second-order valence-electron chi connectivity index (χ2n) is 7.58. The highest BCUT2D eigenvalue weighted by Crippen LogP contribution is 2.38. The van der Waals surface area contributed by atoms with Gasteiger partial charge in [0.05, 0.1) is 26.9 Å². The Balaban J connectivity index is 2.08. The van der Waals surface area contributed by atoms with Crippen molar-refractivity contribution in [1.82, 2.24) is 10.2 Å². The number of amides is 1. The number of halogens is 1. The number of carbonyl (C=O) groups excluding carboxylic acids is 1. The highest BCUT2D eigenvalue weighted by molar-refractivity contribution is 9.11. The Kier molecular flexibility index (Phi) is 6.41. The van der Waals surface area contributed by atoms with E-state index in [1.165, 1.54) is 4.88 Å². The lowest BCUT2D eigenvalue weighted by Crippen LogP contribution is -2.36. The van der Waals surface area contributed by atoms with Gasteiger partial charge in [-0.25, -0.2) is 4.79 Å². The molecule has 1 amide bonds. The van der Waals surface area contributed by atoms with Crippen molar-refractivity contribution < 1.29 is 9.53 Å². The van der Waals surface area contributed by atoms with Crippen LogP contribution in [0.3, 0.4) is 0 Å². The van der Waals surface area contributed by atoms with Crippen LogP contribution in [0.1, 0.15) is 49.4 Å². The zero-order valence-corrected chi connectivity index (χ0v) is 19.9. The Bertz CT molecular complexity index is 991. The molecule has 0 N–H and O–H groups in total. The molecule has 0 bridgehead atoms. The number of fused-ring (bicyclic) bond motifs is 1. The van der Waals surface area contributed by atoms with Gasteiger partial charge in [-0.15, -0.1) is 27.8 Å². The molecule has 0 radical (unpaired) electrons. The fourth-order valence-electron chi connectivity index (χ4n) is 2.86. The Morgan fingerprint density at radius 1 is 1.29 bits per heavy atom. The van der Waals surface area contributed by atoms with Gasteiger partial charge in [0.15, 0.2) is 0 Å². The third-order valence-corrected chi connectivity index (χ3v) is 7.08. The first-order chi connectivity index (χ1) is 13.2. The van der Waals surface area contributed by atoms with Gasteiger partial charge in [-0.05, 0) is 67.7 Å². The molecule has 0 aliphatic carbocycles. The van der Waals surface area contributed by atoms with Gasteiger partial charge < -0.3 is 4.74 Å². The lowest BCUT2D eigenvalue weighted by Gasteiger charge is -2.27. The highest BCUT2D eigenvalue weighted by Gasteiger charge is 2.27. The average molecular weight is 482 g/mol. The maximum atomic E-state index is 13.1. The van der Waals surface area contributed by atoms with Crippen molar-refractivity contribution in [3.63, 3.8) is 0 Å². The third-order valence-electron chi connectivity index (χ3n) is 4.11. The molecular weight excluding hydrogens is 458 g/mol. The zero-order valence-electron chi connectivity index (χ0n) is 16.7. The molecule has 0 aliphatic rings. The Labute approximate surface area is 181 Å². The molecule has 0 saturated carbocycles. The van der Waals surface area contributed by atoms with Crippen LogP contribution in [0.4, 0.5) is 10.5 Å². The number of rotatable bonds is 5. The van der Waals surface area contributed by atoms with Crippen molar-refractivity contribution in [3.05, 3.63) is 37.4 Å². The molecular formula is C20H24BrN3O2S2. The standard InChI is InChI=1S/C20H24BrN3O2S2/c1-6-7-15-12(2)17-18(28-15)14(10-22-23-17)24(19(25)26-20(3,4)5)11-13-8-9-16(21)27-13/h8-10H,6-7,11H2,1-5H3. The fourth-order valence-corrected chi connectivity index (χ4v) is 5.69. The van der Waals surface area contributed by atoms with Crippen molar-refractivity contribution in [2.45, 2.75) is 59.6 Å². The van der Waals surface area contributed by atoms with Crippen molar-refractivity contribution in [1.29, 1.82) is 0 Å². The maximum Gasteiger partial charge on any atom is 0.415 e. The van der Waals surface area contributed by atoms with Crippen LogP contribution in [0, 0.1) is 6.92 Å². The minimum atomic E-state index is -0.580. The largest absolute Gasteiger partial charge is 0.443 e. The Morgan fingerprint density at radius 3 is 2.64 bits per heavy atom. The van der Waals surface area contributed by atoms with E-state index in [1.807, 2.05) is 32.9 Å². The predicted octanol–water partition coefficient (Wildman–Crippen LogP) is 6.72. The molecule has 0 atom stereocenters. The summed E-state index contributed by atoms with van der Waals surface area (Å²) < 4.78 is 7.72. The van der Waals surface area contributed by atoms with Gasteiger partial charge in [-0.1, -0.05) is 13.3 Å². The first kappa shape index (κ1) is 21.2. The lowest BCUT2D eigenvalue weighted by molar-refractivity contribution is 0.0578. The van der Waals surface area contributed by atoms with Crippen molar-refractivity contribution in [2.24, 2.45) is 0 Å². The van der Waals surface area contributed by atoms with E-state index >= 15 is 0 Å². The molecule has 3 aromatic heterocycles. The van der Waals surface area contributed by atoms with Crippen LogP contribution in [0.2, 0.25) is 0 Å². The van der Waals surface area contributed by atoms with E-state index in [0.717, 1.165) is 43.0 Å². The van der Waals surface area contributed by atoms with E-state index in [9.17, 15) is 4.79 Å². The topological polar surface area (TPSA) is 55.3 Å². The molecule has 3 rings (SSSR count). The normalized spacial score (nSPS) is 11.8. The second kappa shape index (κ2) is 8.47. The van der Waals surface area contributed by atoms with Gasteiger partial charge in [0, 0.05) is 9.75 Å². The average Bonchev–Trinajstić information content (AvgIpc) is 3.15. The molecule has 0 aliphatic heterocycles. The zero-order chi connectivity index (χ0) is 20.5. The Morgan fingerprint density at radius 2 is 2.04 bits per heavy atom. The lowest BCUT2D eigenvalue weighted by atomic mass is 10.2. The minimum absolute atomic E-state index is 0.380. The number of thiophene rings is 2. The van der Waals surface area contributed by atoms with Gasteiger partial charge in [0.2, 0.25) is 0 Å². The summed E-state index contributed by atoms with van der Waals surface area (Å²) in [7, 11) is 0. The summed E-state index contributed by atoms with van der Waals surface area (Å²) >= 11 is 6.80. The number of carbonyl (C=O) groups is 1. The van der Waals surface area contributed by atoms with Crippen LogP contribution in [-0.4, -0.2) is 21.9 Å². The van der Waals surface area contributed by atoms with Crippen molar-refractivity contribution in [2.75, 3.05) is 4.90 Å². The first-order valence-electron chi connectivity index (χ1n) is 9.18. The van der Waals surface area contributed by atoms with Crippen LogP contribution in [0.25, 0.3) is 10.2 Å². The van der Waals surface area contributed by atoms with E-state index in [1.54, 1.807) is 33.8 Å². The fraction of sp³-hybridized carbons (Fsp3) is 0.450. The summed E-state index contributed by atoms with van der Waals surface area (Å²) in [5, 5.41) is 8.54. The van der Waals surface area contributed by atoms with Crippen LogP contribution in [0.15, 0.2) is 22.1 Å². The second-order valence-corrected chi connectivity index (χ2v) is 11.2. The van der Waals surface area contributed by atoms with Crippen molar-refractivity contribution >= 4 is 60.6 Å². The molecule has 0 fully saturated rings. The SMILES string of the molecule is CCCc1sc2c(N(Cc3ccc(Br)s3)C(=O)OC(C)(C)C)cnnc2c1C. The number of nitrogens with zero attached hydrogens (tertiary/aromatic N) is 3. The molecule has 0 spiro atoms. The van der Waals surface area contributed by atoms with Crippen LogP contribution < -0.4 is 4.90 Å². The van der Waals surface area contributed by atoms with E-state index in [0.29, 0.717) is 6.54 Å². The molecule has 3 heterocycles. The number of ether oxygens (including phenoxy) is 1. The molecule has 8 heteroatoms. The smallest absolute Gasteiger partial charge is 0.415 e. The molecule has 5 nitrogen and oxygen atoms in total. The third kappa shape index (κ3) is 4.72. The molecule has 28 heavy (non-hydrogen) atoms. The van der Waals surface area contributed by atoms with Gasteiger partial charge in [-0.3, -0.25) is 4.90 Å². The van der Waals surface area contributed by atoms with E-state index in [-0.39, 0.29) is 6.09 Å². The summed E-state index contributed by atoms with van der Waals surface area (Å²) in [6, 6.07) is 4.00. The monoisotopic (exact) mass is 481 g/mol. The molecule has 150 valence electrons.